The summed E-state index contributed by atoms with van der Waals surface area (Å²) in [6.45, 7) is 0. The van der Waals surface area contributed by atoms with Gasteiger partial charge in [0, 0.05) is 29.1 Å². The Balaban J connectivity index is 1.53. The molecule has 150 valence electrons. The second kappa shape index (κ2) is 7.81. The largest absolute Gasteiger partial charge is 0.291 e. The van der Waals surface area contributed by atoms with E-state index >= 15 is 0 Å². The van der Waals surface area contributed by atoms with Gasteiger partial charge in [0.2, 0.25) is 0 Å². The summed E-state index contributed by atoms with van der Waals surface area (Å²) in [4.78, 5) is 22.7. The summed E-state index contributed by atoms with van der Waals surface area (Å²) in [5.74, 6) is -1.78. The third-order valence-corrected chi connectivity index (χ3v) is 7.22. The molecule has 0 radical (unpaired) electrons. The molecule has 0 fully saturated rings. The fourth-order valence-electron chi connectivity index (χ4n) is 3.74. The summed E-state index contributed by atoms with van der Waals surface area (Å²) in [6.07, 6.45) is 4.10. The molecule has 1 aliphatic carbocycles. The maximum absolute atomic E-state index is 14.0. The number of aromatic nitrogens is 2. The Morgan fingerprint density at radius 3 is 2.70 bits per heavy atom. The van der Waals surface area contributed by atoms with Crippen LogP contribution >= 0.6 is 22.7 Å². The van der Waals surface area contributed by atoms with E-state index in [4.69, 9.17) is 0 Å². The van der Waals surface area contributed by atoms with E-state index in [0.29, 0.717) is 5.01 Å². The van der Waals surface area contributed by atoms with Crippen molar-refractivity contribution in [2.45, 2.75) is 25.7 Å². The Bertz CT molecular complexity index is 1230. The van der Waals surface area contributed by atoms with Crippen LogP contribution in [0.4, 0.5) is 8.78 Å². The summed E-state index contributed by atoms with van der Waals surface area (Å²) in [7, 11) is 0. The van der Waals surface area contributed by atoms with E-state index in [1.165, 1.54) is 35.1 Å². The highest BCUT2D eigenvalue weighted by atomic mass is 32.1. The number of nitrogens with zero attached hydrogens (tertiary/aromatic N) is 2. The van der Waals surface area contributed by atoms with Gasteiger partial charge in [0.1, 0.15) is 16.6 Å². The highest BCUT2D eigenvalue weighted by Crippen LogP contribution is 2.39. The SMILES string of the molecule is O=C(Cc1c(F)cccc1F)c1nc2c(s1)-c1cc(-c3nccs3)ccc1CCC2. The number of aryl methyl sites for hydroxylation is 2. The van der Waals surface area contributed by atoms with Gasteiger partial charge in [0.05, 0.1) is 10.6 Å². The van der Waals surface area contributed by atoms with Crippen LogP contribution in [-0.2, 0) is 19.3 Å². The molecule has 0 atom stereocenters. The van der Waals surface area contributed by atoms with E-state index in [1.807, 2.05) is 5.38 Å². The lowest BCUT2D eigenvalue weighted by Crippen LogP contribution is -2.07. The highest BCUT2D eigenvalue weighted by molar-refractivity contribution is 7.17. The van der Waals surface area contributed by atoms with Gasteiger partial charge in [-0.05, 0) is 48.6 Å². The fraction of sp³-hybridized carbons (Fsp3) is 0.174. The van der Waals surface area contributed by atoms with Gasteiger partial charge in [0.25, 0.3) is 0 Å². The zero-order valence-corrected chi connectivity index (χ0v) is 17.5. The molecule has 0 amide bonds. The second-order valence-electron chi connectivity index (χ2n) is 7.16. The Hall–Kier alpha value is -2.77. The van der Waals surface area contributed by atoms with Gasteiger partial charge >= 0.3 is 0 Å². The normalized spacial score (nSPS) is 12.9. The Kier molecular flexibility index (Phi) is 5.00. The highest BCUT2D eigenvalue weighted by Gasteiger charge is 2.24. The number of benzene rings is 2. The molecule has 4 aromatic rings. The molecular formula is C23H16F2N2OS2. The van der Waals surface area contributed by atoms with Gasteiger partial charge in [-0.15, -0.1) is 22.7 Å². The minimum Gasteiger partial charge on any atom is -0.291 e. The number of halogens is 2. The predicted molar refractivity (Wildman–Crippen MR) is 115 cm³/mol. The third kappa shape index (κ3) is 3.48. The first kappa shape index (κ1) is 19.2. The van der Waals surface area contributed by atoms with E-state index in [1.54, 1.807) is 17.5 Å². The van der Waals surface area contributed by atoms with Crippen molar-refractivity contribution in [2.75, 3.05) is 0 Å². The molecule has 0 aliphatic heterocycles. The lowest BCUT2D eigenvalue weighted by atomic mass is 10.0. The number of Topliss-reactive ketones (excluding diaryl/α,β-unsaturated/α-hetero) is 1. The first-order valence-corrected chi connectivity index (χ1v) is 11.3. The fourth-order valence-corrected chi connectivity index (χ4v) is 5.48. The molecule has 3 nitrogen and oxygen atoms in total. The second-order valence-corrected chi connectivity index (χ2v) is 9.05. The van der Waals surface area contributed by atoms with Crippen molar-refractivity contribution < 1.29 is 13.6 Å². The molecule has 2 aromatic carbocycles. The van der Waals surface area contributed by atoms with Crippen LogP contribution in [0.2, 0.25) is 0 Å². The monoisotopic (exact) mass is 438 g/mol. The molecule has 2 aromatic heterocycles. The van der Waals surface area contributed by atoms with Gasteiger partial charge in [-0.3, -0.25) is 4.79 Å². The van der Waals surface area contributed by atoms with Crippen molar-refractivity contribution in [3.8, 4) is 21.0 Å². The van der Waals surface area contributed by atoms with Crippen molar-refractivity contribution in [3.63, 3.8) is 0 Å². The molecule has 0 bridgehead atoms. The summed E-state index contributed by atoms with van der Waals surface area (Å²) in [5.41, 5.74) is 4.00. The molecule has 7 heteroatoms. The van der Waals surface area contributed by atoms with Crippen LogP contribution in [0.15, 0.2) is 48.0 Å². The van der Waals surface area contributed by atoms with E-state index < -0.39 is 11.6 Å². The van der Waals surface area contributed by atoms with Gasteiger partial charge in [-0.25, -0.2) is 18.7 Å². The Labute approximate surface area is 180 Å². The van der Waals surface area contributed by atoms with Crippen LogP contribution in [0.25, 0.3) is 21.0 Å². The van der Waals surface area contributed by atoms with E-state index in [9.17, 15) is 13.6 Å². The zero-order chi connectivity index (χ0) is 20.7. The number of hydrogen-bond donors (Lipinski definition) is 0. The molecule has 0 unspecified atom stereocenters. The number of hydrogen-bond acceptors (Lipinski definition) is 5. The number of rotatable bonds is 4. The van der Waals surface area contributed by atoms with Gasteiger partial charge in [-0.1, -0.05) is 18.2 Å². The van der Waals surface area contributed by atoms with Gasteiger partial charge < -0.3 is 0 Å². The van der Waals surface area contributed by atoms with Gasteiger partial charge in [0.15, 0.2) is 10.8 Å². The quantitative estimate of drug-likeness (QED) is 0.360. The Morgan fingerprint density at radius 2 is 1.93 bits per heavy atom. The van der Waals surface area contributed by atoms with Crippen molar-refractivity contribution in [1.29, 1.82) is 0 Å². The number of fused-ring (bicyclic) bond motifs is 3. The predicted octanol–water partition coefficient (Wildman–Crippen LogP) is 6.13. The molecule has 1 aliphatic rings. The summed E-state index contributed by atoms with van der Waals surface area (Å²) >= 11 is 2.89. The number of thiazole rings is 2. The van der Waals surface area contributed by atoms with Crippen molar-refractivity contribution in [1.82, 2.24) is 9.97 Å². The molecule has 0 N–H and O–H groups in total. The first-order chi connectivity index (χ1) is 14.6. The lowest BCUT2D eigenvalue weighted by Gasteiger charge is -2.07. The summed E-state index contributed by atoms with van der Waals surface area (Å²) < 4.78 is 27.9. The van der Waals surface area contributed by atoms with Crippen molar-refractivity contribution in [3.05, 3.63) is 81.4 Å². The average Bonchev–Trinajstić information content (AvgIpc) is 3.39. The topological polar surface area (TPSA) is 42.9 Å². The minimum absolute atomic E-state index is 0.209. The van der Waals surface area contributed by atoms with Crippen LogP contribution < -0.4 is 0 Å². The van der Waals surface area contributed by atoms with E-state index in [-0.39, 0.29) is 17.8 Å². The van der Waals surface area contributed by atoms with Crippen molar-refractivity contribution >= 4 is 28.5 Å². The number of ketones is 1. The lowest BCUT2D eigenvalue weighted by molar-refractivity contribution is 0.0990. The maximum Gasteiger partial charge on any atom is 0.195 e. The molecule has 0 spiro atoms. The Morgan fingerprint density at radius 1 is 1.10 bits per heavy atom. The summed E-state index contributed by atoms with van der Waals surface area (Å²) in [6, 6.07) is 9.94. The third-order valence-electron chi connectivity index (χ3n) is 5.23. The van der Waals surface area contributed by atoms with E-state index in [0.717, 1.165) is 46.0 Å². The molecular weight excluding hydrogens is 422 g/mol. The first-order valence-electron chi connectivity index (χ1n) is 9.59. The molecule has 2 heterocycles. The van der Waals surface area contributed by atoms with Crippen LogP contribution in [0, 0.1) is 11.6 Å². The van der Waals surface area contributed by atoms with Gasteiger partial charge in [-0.2, -0.15) is 0 Å². The minimum atomic E-state index is -0.708. The van der Waals surface area contributed by atoms with Crippen LogP contribution in [0.3, 0.4) is 0 Å². The standard InChI is InChI=1S/C23H16F2N2OS2/c24-17-4-2-5-18(25)16(17)12-20(28)23-27-19-6-1-3-13-7-8-14(22-26-9-10-29-22)11-15(13)21(19)30-23/h2,4-5,7-11H,1,3,6,12H2. The van der Waals surface area contributed by atoms with Crippen LogP contribution in [-0.4, -0.2) is 15.8 Å². The smallest absolute Gasteiger partial charge is 0.195 e. The maximum atomic E-state index is 14.0. The molecule has 5 rings (SSSR count). The number of carbonyl (C=O) groups excluding carboxylic acids is 1. The average molecular weight is 439 g/mol. The molecule has 0 saturated carbocycles. The number of carbonyl (C=O) groups is 1. The molecule has 30 heavy (non-hydrogen) atoms. The molecule has 0 saturated heterocycles. The zero-order valence-electron chi connectivity index (χ0n) is 15.8. The van der Waals surface area contributed by atoms with Crippen molar-refractivity contribution in [2.24, 2.45) is 0 Å². The summed E-state index contributed by atoms with van der Waals surface area (Å²) in [5, 5.41) is 3.19. The van der Waals surface area contributed by atoms with Crippen LogP contribution in [0.5, 0.6) is 0 Å². The van der Waals surface area contributed by atoms with E-state index in [2.05, 4.69) is 28.2 Å². The van der Waals surface area contributed by atoms with Crippen LogP contribution in [0.1, 0.15) is 33.0 Å².